The maximum Gasteiger partial charge on any atom is 0.255 e. The highest BCUT2D eigenvalue weighted by molar-refractivity contribution is 5.98. The number of imide groups is 1. The summed E-state index contributed by atoms with van der Waals surface area (Å²) in [4.78, 5) is 24.1. The maximum absolute atomic E-state index is 11.4. The first-order valence-electron chi connectivity index (χ1n) is 5.14. The number of nitrogens with zero attached hydrogens (tertiary/aromatic N) is 1. The number of carbonyl (C=O) groups excluding carboxylic acids is 2. The molecule has 1 rings (SSSR count). The van der Waals surface area contributed by atoms with Crippen LogP contribution in [0.4, 0.5) is 0 Å². The Kier molecular flexibility index (Phi) is 4.23. The standard InChI is InChI=1S/C10H18N2O3/c1-7(2)8(11-3)4-12-9(13)5-15-6-10(12)14/h7-8,11H,4-6H2,1-3H3. The van der Waals surface area contributed by atoms with E-state index in [1.165, 1.54) is 4.90 Å². The molecule has 1 unspecified atom stereocenters. The van der Waals surface area contributed by atoms with E-state index in [-0.39, 0.29) is 31.1 Å². The van der Waals surface area contributed by atoms with E-state index < -0.39 is 0 Å². The largest absolute Gasteiger partial charge is 0.362 e. The van der Waals surface area contributed by atoms with Gasteiger partial charge in [-0.15, -0.1) is 0 Å². The predicted molar refractivity (Wildman–Crippen MR) is 55.2 cm³/mol. The van der Waals surface area contributed by atoms with E-state index >= 15 is 0 Å². The Morgan fingerprint density at radius 2 is 1.87 bits per heavy atom. The van der Waals surface area contributed by atoms with Crippen LogP contribution in [0.2, 0.25) is 0 Å². The van der Waals surface area contributed by atoms with Crippen molar-refractivity contribution in [3.05, 3.63) is 0 Å². The SMILES string of the molecule is CNC(CN1C(=O)COCC1=O)C(C)C. The average Bonchev–Trinajstić information content (AvgIpc) is 2.17. The van der Waals surface area contributed by atoms with Crippen molar-refractivity contribution in [3.63, 3.8) is 0 Å². The number of nitrogens with one attached hydrogen (secondary N) is 1. The number of amides is 2. The minimum atomic E-state index is -0.243. The summed E-state index contributed by atoms with van der Waals surface area (Å²) in [5.74, 6) is -0.113. The summed E-state index contributed by atoms with van der Waals surface area (Å²) in [6.45, 7) is 4.56. The second-order valence-electron chi connectivity index (χ2n) is 4.03. The van der Waals surface area contributed by atoms with Crippen LogP contribution in [0, 0.1) is 5.92 Å². The van der Waals surface area contributed by atoms with E-state index in [4.69, 9.17) is 4.74 Å². The van der Waals surface area contributed by atoms with Gasteiger partial charge in [-0.25, -0.2) is 0 Å². The lowest BCUT2D eigenvalue weighted by molar-refractivity contribution is -0.159. The Balaban J connectivity index is 2.61. The van der Waals surface area contributed by atoms with Crippen LogP contribution in [-0.4, -0.2) is 49.6 Å². The van der Waals surface area contributed by atoms with Crippen molar-refractivity contribution in [3.8, 4) is 0 Å². The summed E-state index contributed by atoms with van der Waals surface area (Å²) in [5.41, 5.74) is 0. The molecule has 1 atom stereocenters. The van der Waals surface area contributed by atoms with Crippen molar-refractivity contribution in [2.45, 2.75) is 19.9 Å². The predicted octanol–water partition coefficient (Wildman–Crippen LogP) is -0.384. The van der Waals surface area contributed by atoms with Crippen LogP contribution in [0.3, 0.4) is 0 Å². The molecule has 0 radical (unpaired) electrons. The van der Waals surface area contributed by atoms with Crippen molar-refractivity contribution in [2.75, 3.05) is 26.8 Å². The average molecular weight is 214 g/mol. The number of hydrogen-bond donors (Lipinski definition) is 1. The first-order valence-corrected chi connectivity index (χ1v) is 5.14. The summed E-state index contributed by atoms with van der Waals surface area (Å²) in [5, 5.41) is 3.10. The van der Waals surface area contributed by atoms with Crippen LogP contribution in [0.5, 0.6) is 0 Å². The molecule has 5 heteroatoms. The lowest BCUT2D eigenvalue weighted by atomic mass is 10.0. The molecular weight excluding hydrogens is 196 g/mol. The second-order valence-corrected chi connectivity index (χ2v) is 4.03. The van der Waals surface area contributed by atoms with Crippen LogP contribution >= 0.6 is 0 Å². The minimum Gasteiger partial charge on any atom is -0.362 e. The summed E-state index contributed by atoms with van der Waals surface area (Å²) in [6.07, 6.45) is 0. The normalized spacial score (nSPS) is 19.9. The zero-order valence-electron chi connectivity index (χ0n) is 9.45. The van der Waals surface area contributed by atoms with Gasteiger partial charge >= 0.3 is 0 Å². The van der Waals surface area contributed by atoms with E-state index in [9.17, 15) is 9.59 Å². The second kappa shape index (κ2) is 5.23. The molecule has 1 saturated heterocycles. The van der Waals surface area contributed by atoms with Gasteiger partial charge in [-0.05, 0) is 13.0 Å². The number of carbonyl (C=O) groups is 2. The molecule has 1 fully saturated rings. The fourth-order valence-electron chi connectivity index (χ4n) is 1.56. The molecule has 0 aromatic carbocycles. The van der Waals surface area contributed by atoms with E-state index in [1.54, 1.807) is 0 Å². The molecule has 0 aliphatic carbocycles. The highest BCUT2D eigenvalue weighted by Crippen LogP contribution is 2.07. The smallest absolute Gasteiger partial charge is 0.255 e. The molecule has 0 aromatic rings. The molecule has 15 heavy (non-hydrogen) atoms. The van der Waals surface area contributed by atoms with Gasteiger partial charge in [0.2, 0.25) is 0 Å². The van der Waals surface area contributed by atoms with Gasteiger partial charge in [0.05, 0.1) is 0 Å². The van der Waals surface area contributed by atoms with Crippen LogP contribution in [0.25, 0.3) is 0 Å². The molecule has 86 valence electrons. The van der Waals surface area contributed by atoms with Gasteiger partial charge in [0.1, 0.15) is 13.2 Å². The van der Waals surface area contributed by atoms with Gasteiger partial charge < -0.3 is 10.1 Å². The maximum atomic E-state index is 11.4. The van der Waals surface area contributed by atoms with Crippen LogP contribution < -0.4 is 5.32 Å². The Labute approximate surface area is 89.8 Å². The molecule has 1 heterocycles. The molecule has 0 bridgehead atoms. The zero-order chi connectivity index (χ0) is 11.4. The van der Waals surface area contributed by atoms with E-state index in [0.29, 0.717) is 12.5 Å². The Hall–Kier alpha value is -0.940. The fraction of sp³-hybridized carbons (Fsp3) is 0.800. The monoisotopic (exact) mass is 214 g/mol. The van der Waals surface area contributed by atoms with Crippen molar-refractivity contribution in [1.82, 2.24) is 10.2 Å². The van der Waals surface area contributed by atoms with Crippen LogP contribution in [-0.2, 0) is 14.3 Å². The number of likely N-dealkylation sites (N-methyl/N-ethyl adjacent to an activating group) is 1. The number of rotatable bonds is 4. The molecule has 0 spiro atoms. The highest BCUT2D eigenvalue weighted by Gasteiger charge is 2.29. The lowest BCUT2D eigenvalue weighted by Gasteiger charge is -2.30. The molecule has 1 aliphatic heterocycles. The third-order valence-corrected chi connectivity index (χ3v) is 2.61. The van der Waals surface area contributed by atoms with Crippen molar-refractivity contribution in [2.24, 2.45) is 5.92 Å². The third-order valence-electron chi connectivity index (χ3n) is 2.61. The Morgan fingerprint density at radius 3 is 2.27 bits per heavy atom. The summed E-state index contributed by atoms with van der Waals surface area (Å²) in [7, 11) is 1.83. The van der Waals surface area contributed by atoms with Crippen molar-refractivity contribution >= 4 is 11.8 Å². The molecule has 0 aromatic heterocycles. The fourth-order valence-corrected chi connectivity index (χ4v) is 1.56. The van der Waals surface area contributed by atoms with Gasteiger partial charge in [-0.3, -0.25) is 14.5 Å². The number of ether oxygens (including phenoxy) is 1. The Morgan fingerprint density at radius 1 is 1.33 bits per heavy atom. The van der Waals surface area contributed by atoms with Crippen molar-refractivity contribution < 1.29 is 14.3 Å². The van der Waals surface area contributed by atoms with Gasteiger partial charge in [-0.2, -0.15) is 0 Å². The van der Waals surface area contributed by atoms with E-state index in [0.717, 1.165) is 0 Å². The molecule has 1 N–H and O–H groups in total. The summed E-state index contributed by atoms with van der Waals surface area (Å²) < 4.78 is 4.84. The number of hydrogen-bond acceptors (Lipinski definition) is 4. The Bertz CT molecular complexity index is 237. The zero-order valence-corrected chi connectivity index (χ0v) is 9.45. The first kappa shape index (κ1) is 12.1. The first-order chi connectivity index (χ1) is 7.06. The molecule has 2 amide bonds. The van der Waals surface area contributed by atoms with Crippen LogP contribution in [0.15, 0.2) is 0 Å². The van der Waals surface area contributed by atoms with E-state index in [1.807, 2.05) is 7.05 Å². The molecule has 1 aliphatic rings. The van der Waals surface area contributed by atoms with Gasteiger partial charge in [0.25, 0.3) is 11.8 Å². The summed E-state index contributed by atoms with van der Waals surface area (Å²) >= 11 is 0. The minimum absolute atomic E-state index is 0.0142. The third kappa shape index (κ3) is 3.00. The molecule has 0 saturated carbocycles. The van der Waals surface area contributed by atoms with Gasteiger partial charge in [0, 0.05) is 12.6 Å². The lowest BCUT2D eigenvalue weighted by Crippen LogP contribution is -2.52. The van der Waals surface area contributed by atoms with Crippen LogP contribution in [0.1, 0.15) is 13.8 Å². The van der Waals surface area contributed by atoms with Crippen molar-refractivity contribution in [1.29, 1.82) is 0 Å². The quantitative estimate of drug-likeness (QED) is 0.648. The topological polar surface area (TPSA) is 58.6 Å². The van der Waals surface area contributed by atoms with Gasteiger partial charge in [0.15, 0.2) is 0 Å². The molecular formula is C10H18N2O3. The van der Waals surface area contributed by atoms with Gasteiger partial charge in [-0.1, -0.05) is 13.8 Å². The summed E-state index contributed by atoms with van der Waals surface area (Å²) in [6, 6.07) is 0.135. The molecule has 5 nitrogen and oxygen atoms in total. The van der Waals surface area contributed by atoms with E-state index in [2.05, 4.69) is 19.2 Å². The highest BCUT2D eigenvalue weighted by atomic mass is 16.5. The number of morpholine rings is 1.